The van der Waals surface area contributed by atoms with Gasteiger partial charge in [-0.05, 0) is 36.4 Å². The molecule has 0 fully saturated rings. The van der Waals surface area contributed by atoms with E-state index in [0.717, 1.165) is 10.6 Å². The van der Waals surface area contributed by atoms with E-state index < -0.39 is 5.97 Å². The average molecular weight is 409 g/mol. The number of hydrogen-bond acceptors (Lipinski definition) is 6. The van der Waals surface area contributed by atoms with E-state index >= 15 is 0 Å². The van der Waals surface area contributed by atoms with Crippen LogP contribution < -0.4 is 5.56 Å². The molecule has 0 aliphatic carbocycles. The number of aromatic nitrogens is 3. The van der Waals surface area contributed by atoms with Gasteiger partial charge < -0.3 is 4.74 Å². The summed E-state index contributed by atoms with van der Waals surface area (Å²) in [7, 11) is 0. The van der Waals surface area contributed by atoms with Gasteiger partial charge in [0.2, 0.25) is 0 Å². The van der Waals surface area contributed by atoms with Crippen LogP contribution >= 0.6 is 11.3 Å². The highest BCUT2D eigenvalue weighted by molar-refractivity contribution is 7.13. The zero-order chi connectivity index (χ0) is 20.2. The Labute approximate surface area is 169 Å². The lowest BCUT2D eigenvalue weighted by atomic mass is 10.2. The smallest absolute Gasteiger partial charge is 0.307 e. The number of carbonyl (C=O) groups excluding carboxylic acids is 1. The third-order valence-electron chi connectivity index (χ3n) is 4.31. The Bertz CT molecular complexity index is 1220. The van der Waals surface area contributed by atoms with E-state index in [1.54, 1.807) is 35.7 Å². The Morgan fingerprint density at radius 3 is 2.76 bits per heavy atom. The number of esters is 1. The van der Waals surface area contributed by atoms with E-state index in [-0.39, 0.29) is 30.9 Å². The second kappa shape index (κ2) is 8.32. The predicted molar refractivity (Wildman–Crippen MR) is 108 cm³/mol. The highest BCUT2D eigenvalue weighted by atomic mass is 32.1. The molecule has 2 aromatic heterocycles. The third kappa shape index (κ3) is 4.38. The maximum absolute atomic E-state index is 13.0. The molecule has 2 aromatic carbocycles. The van der Waals surface area contributed by atoms with Crippen molar-refractivity contribution in [1.29, 1.82) is 0 Å². The van der Waals surface area contributed by atoms with Crippen molar-refractivity contribution in [2.24, 2.45) is 0 Å². The molecule has 0 spiro atoms. The summed E-state index contributed by atoms with van der Waals surface area (Å²) in [5, 5.41) is 3.04. The fourth-order valence-corrected chi connectivity index (χ4v) is 3.61. The SMILES string of the molecule is O=C(CCn1cnc2ccccc2c1=O)OCc1csc(-c2ccc(F)cc2)n1. The molecule has 0 saturated heterocycles. The van der Waals surface area contributed by atoms with E-state index in [9.17, 15) is 14.0 Å². The molecule has 0 unspecified atom stereocenters. The molecule has 0 amide bonds. The largest absolute Gasteiger partial charge is 0.459 e. The first-order chi connectivity index (χ1) is 14.1. The molecular weight excluding hydrogens is 393 g/mol. The summed E-state index contributed by atoms with van der Waals surface area (Å²) in [5.41, 5.74) is 1.85. The molecule has 4 rings (SSSR count). The first-order valence-corrected chi connectivity index (χ1v) is 9.78. The Hall–Kier alpha value is -3.39. The van der Waals surface area contributed by atoms with E-state index in [4.69, 9.17) is 4.74 Å². The molecule has 0 atom stereocenters. The number of nitrogens with zero attached hydrogens (tertiary/aromatic N) is 3. The normalized spacial score (nSPS) is 10.9. The first kappa shape index (κ1) is 18.9. The van der Waals surface area contributed by atoms with E-state index in [1.165, 1.54) is 34.4 Å². The van der Waals surface area contributed by atoms with E-state index in [2.05, 4.69) is 9.97 Å². The van der Waals surface area contributed by atoms with Crippen LogP contribution in [0.3, 0.4) is 0 Å². The van der Waals surface area contributed by atoms with E-state index in [1.807, 2.05) is 6.07 Å². The fraction of sp³-hybridized carbons (Fsp3) is 0.143. The molecule has 4 aromatic rings. The van der Waals surface area contributed by atoms with Crippen LogP contribution in [0.15, 0.2) is 65.0 Å². The highest BCUT2D eigenvalue weighted by Crippen LogP contribution is 2.24. The van der Waals surface area contributed by atoms with Gasteiger partial charge in [0.15, 0.2) is 0 Å². The Morgan fingerprint density at radius 1 is 1.14 bits per heavy atom. The van der Waals surface area contributed by atoms with Gasteiger partial charge in [0.05, 0.1) is 29.3 Å². The molecule has 0 bridgehead atoms. The summed E-state index contributed by atoms with van der Waals surface area (Å²) in [6, 6.07) is 13.1. The van der Waals surface area contributed by atoms with Crippen molar-refractivity contribution in [1.82, 2.24) is 14.5 Å². The maximum Gasteiger partial charge on any atom is 0.307 e. The maximum atomic E-state index is 13.0. The van der Waals surface area contributed by atoms with Crippen molar-refractivity contribution < 1.29 is 13.9 Å². The Kier molecular flexibility index (Phi) is 5.44. The number of carbonyl (C=O) groups is 1. The number of benzene rings is 2. The number of para-hydroxylation sites is 1. The van der Waals surface area contributed by atoms with Gasteiger partial charge in [-0.1, -0.05) is 12.1 Å². The summed E-state index contributed by atoms with van der Waals surface area (Å²) in [4.78, 5) is 33.1. The summed E-state index contributed by atoms with van der Waals surface area (Å²) >= 11 is 1.39. The first-order valence-electron chi connectivity index (χ1n) is 8.90. The van der Waals surface area contributed by atoms with Gasteiger partial charge in [-0.15, -0.1) is 11.3 Å². The Morgan fingerprint density at radius 2 is 1.93 bits per heavy atom. The molecule has 2 heterocycles. The number of fused-ring (bicyclic) bond motifs is 1. The molecule has 0 radical (unpaired) electrons. The number of halogens is 1. The molecule has 0 saturated carbocycles. The molecule has 0 N–H and O–H groups in total. The lowest BCUT2D eigenvalue weighted by molar-refractivity contribution is -0.145. The van der Waals surface area contributed by atoms with Crippen LogP contribution in [-0.4, -0.2) is 20.5 Å². The standard InChI is InChI=1S/C21H16FN3O3S/c22-15-7-5-14(6-8-15)20-24-16(12-29-20)11-28-19(26)9-10-25-13-23-18-4-2-1-3-17(18)21(25)27/h1-8,12-13H,9-11H2. The van der Waals surface area contributed by atoms with E-state index in [0.29, 0.717) is 16.6 Å². The zero-order valence-electron chi connectivity index (χ0n) is 15.2. The summed E-state index contributed by atoms with van der Waals surface area (Å²) in [6.45, 7) is 0.231. The van der Waals surface area contributed by atoms with Crippen molar-refractivity contribution in [2.45, 2.75) is 19.6 Å². The monoisotopic (exact) mass is 409 g/mol. The quantitative estimate of drug-likeness (QED) is 0.453. The number of aryl methyl sites for hydroxylation is 1. The van der Waals surface area contributed by atoms with Gasteiger partial charge in [0, 0.05) is 17.5 Å². The van der Waals surface area contributed by atoms with Crippen molar-refractivity contribution in [3.8, 4) is 10.6 Å². The van der Waals surface area contributed by atoms with Crippen molar-refractivity contribution >= 4 is 28.2 Å². The minimum atomic E-state index is -0.429. The molecular formula is C21H16FN3O3S. The van der Waals surface area contributed by atoms with Crippen LogP contribution in [0.4, 0.5) is 4.39 Å². The minimum absolute atomic E-state index is 0.0431. The van der Waals surface area contributed by atoms with Crippen LogP contribution in [0.25, 0.3) is 21.5 Å². The lowest BCUT2D eigenvalue weighted by Crippen LogP contribution is -2.22. The number of thiazole rings is 1. The van der Waals surface area contributed by atoms with Crippen molar-refractivity contribution in [3.63, 3.8) is 0 Å². The van der Waals surface area contributed by atoms with Gasteiger partial charge in [-0.2, -0.15) is 0 Å². The van der Waals surface area contributed by atoms with Crippen LogP contribution in [0, 0.1) is 5.82 Å². The van der Waals surface area contributed by atoms with Crippen molar-refractivity contribution in [2.75, 3.05) is 0 Å². The van der Waals surface area contributed by atoms with Gasteiger partial charge in [0.1, 0.15) is 17.4 Å². The van der Waals surface area contributed by atoms with Gasteiger partial charge in [-0.25, -0.2) is 14.4 Å². The summed E-state index contributed by atoms with van der Waals surface area (Å²) < 4.78 is 19.7. The number of ether oxygens (including phenoxy) is 1. The molecule has 29 heavy (non-hydrogen) atoms. The molecule has 0 aliphatic heterocycles. The summed E-state index contributed by atoms with van der Waals surface area (Å²) in [6.07, 6.45) is 1.49. The number of hydrogen-bond donors (Lipinski definition) is 0. The third-order valence-corrected chi connectivity index (χ3v) is 5.25. The molecule has 0 aliphatic rings. The molecule has 6 nitrogen and oxygen atoms in total. The van der Waals surface area contributed by atoms with Crippen LogP contribution in [-0.2, 0) is 22.7 Å². The second-order valence-electron chi connectivity index (χ2n) is 6.32. The van der Waals surface area contributed by atoms with Gasteiger partial charge in [-0.3, -0.25) is 14.2 Å². The predicted octanol–water partition coefficient (Wildman–Crippen LogP) is 3.79. The summed E-state index contributed by atoms with van der Waals surface area (Å²) in [5.74, 6) is -0.735. The van der Waals surface area contributed by atoms with Crippen LogP contribution in [0.2, 0.25) is 0 Å². The molecule has 8 heteroatoms. The second-order valence-corrected chi connectivity index (χ2v) is 7.18. The van der Waals surface area contributed by atoms with Crippen LogP contribution in [0.5, 0.6) is 0 Å². The fourth-order valence-electron chi connectivity index (χ4n) is 2.80. The topological polar surface area (TPSA) is 74.1 Å². The zero-order valence-corrected chi connectivity index (χ0v) is 16.1. The average Bonchev–Trinajstić information content (AvgIpc) is 3.21. The highest BCUT2D eigenvalue weighted by Gasteiger charge is 2.10. The van der Waals surface area contributed by atoms with Gasteiger partial charge >= 0.3 is 5.97 Å². The van der Waals surface area contributed by atoms with Gasteiger partial charge in [0.25, 0.3) is 5.56 Å². The van der Waals surface area contributed by atoms with Crippen molar-refractivity contribution in [3.05, 3.63) is 82.1 Å². The minimum Gasteiger partial charge on any atom is -0.459 e. The lowest BCUT2D eigenvalue weighted by Gasteiger charge is -2.06. The number of rotatable bonds is 6. The Balaban J connectivity index is 1.33. The van der Waals surface area contributed by atoms with Crippen LogP contribution in [0.1, 0.15) is 12.1 Å². The molecule has 146 valence electrons.